The number of hydrogen-bond acceptors (Lipinski definition) is 3. The molecule has 4 rings (SSSR count). The molecule has 0 bridgehead atoms. The van der Waals surface area contributed by atoms with Crippen molar-refractivity contribution >= 4 is 40.7 Å². The van der Waals surface area contributed by atoms with Gasteiger partial charge in [0.25, 0.3) is 5.91 Å². The molecule has 0 spiro atoms. The molecule has 0 unspecified atom stereocenters. The third-order valence-corrected chi connectivity index (χ3v) is 5.95. The lowest BCUT2D eigenvalue weighted by atomic mass is 10.1. The lowest BCUT2D eigenvalue weighted by Crippen LogP contribution is -2.26. The highest BCUT2D eigenvalue weighted by molar-refractivity contribution is 6.36. The van der Waals surface area contributed by atoms with Gasteiger partial charge in [-0.05, 0) is 43.5 Å². The number of H-pyrrole nitrogens is 1. The van der Waals surface area contributed by atoms with Crippen LogP contribution >= 0.6 is 34.8 Å². The number of benzene rings is 1. The molecule has 1 saturated carbocycles. The molecule has 0 radical (unpaired) electrons. The first-order chi connectivity index (χ1) is 15.1. The molecule has 0 atom stereocenters. The molecule has 32 heavy (non-hydrogen) atoms. The minimum atomic E-state index is -4.61. The molecule has 1 aromatic carbocycles. The zero-order valence-electron chi connectivity index (χ0n) is 16.4. The minimum Gasteiger partial charge on any atom is -0.351 e. The quantitative estimate of drug-likeness (QED) is 0.389. The summed E-state index contributed by atoms with van der Waals surface area (Å²) in [5, 5.41) is 13.7. The molecule has 1 fully saturated rings. The highest BCUT2D eigenvalue weighted by Gasteiger charge is 2.41. The van der Waals surface area contributed by atoms with E-state index in [2.05, 4.69) is 20.6 Å². The van der Waals surface area contributed by atoms with Gasteiger partial charge in [-0.25, -0.2) is 0 Å². The molecule has 0 aliphatic heterocycles. The van der Waals surface area contributed by atoms with E-state index in [-0.39, 0.29) is 29.7 Å². The van der Waals surface area contributed by atoms with E-state index < -0.39 is 17.8 Å². The number of halogens is 6. The Kier molecular flexibility index (Phi) is 6.42. The Morgan fingerprint density at radius 3 is 2.62 bits per heavy atom. The second-order valence-corrected chi connectivity index (χ2v) is 8.67. The smallest absolute Gasteiger partial charge is 0.351 e. The summed E-state index contributed by atoms with van der Waals surface area (Å²) in [5.41, 5.74) is 0.692. The summed E-state index contributed by atoms with van der Waals surface area (Å²) in [5.74, 6) is -0.394. The van der Waals surface area contributed by atoms with E-state index in [1.165, 1.54) is 4.68 Å². The van der Waals surface area contributed by atoms with Crippen molar-refractivity contribution in [2.45, 2.75) is 37.9 Å². The first kappa shape index (κ1) is 22.9. The Balaban J connectivity index is 1.36. The van der Waals surface area contributed by atoms with Crippen LogP contribution in [0.15, 0.2) is 24.3 Å². The highest BCUT2D eigenvalue weighted by Crippen LogP contribution is 2.46. The van der Waals surface area contributed by atoms with Crippen molar-refractivity contribution in [3.05, 3.63) is 56.4 Å². The zero-order valence-corrected chi connectivity index (χ0v) is 18.7. The normalized spacial score (nSPS) is 14.1. The summed E-state index contributed by atoms with van der Waals surface area (Å²) in [6, 6.07) is 6.50. The van der Waals surface area contributed by atoms with Crippen LogP contribution in [0.5, 0.6) is 0 Å². The maximum atomic E-state index is 13.1. The van der Waals surface area contributed by atoms with Gasteiger partial charge in [-0.3, -0.25) is 14.6 Å². The molecule has 2 N–H and O–H groups in total. The molecule has 170 valence electrons. The predicted octanol–water partition coefficient (Wildman–Crippen LogP) is 5.95. The minimum absolute atomic E-state index is 0.00352. The molecule has 1 aliphatic carbocycles. The fourth-order valence-corrected chi connectivity index (χ4v) is 4.25. The molecule has 12 heteroatoms. The Morgan fingerprint density at radius 2 is 1.97 bits per heavy atom. The standard InChI is InChI=1S/C20H17Cl3F3N5O/c21-11-4-5-12(13(22)8-11)14-9-15(29-28-14)19(32)27-6-1-7-31-17(10-2-3-10)16(23)18(30-31)20(24,25)26/h4-5,8-10H,1-3,6-7H2,(H,27,32)(H,28,29). The number of aromatic amines is 1. The van der Waals surface area contributed by atoms with Crippen LogP contribution in [0.1, 0.15) is 47.1 Å². The second kappa shape index (κ2) is 8.96. The average molecular weight is 507 g/mol. The number of aryl methyl sites for hydroxylation is 1. The number of aromatic nitrogens is 4. The molecule has 1 aliphatic rings. The van der Waals surface area contributed by atoms with Crippen molar-refractivity contribution in [2.75, 3.05) is 6.54 Å². The van der Waals surface area contributed by atoms with Gasteiger partial charge in [0.15, 0.2) is 5.69 Å². The van der Waals surface area contributed by atoms with Crippen LogP contribution in [-0.4, -0.2) is 32.4 Å². The van der Waals surface area contributed by atoms with Gasteiger partial charge in [0.05, 0.1) is 21.4 Å². The number of nitrogens with one attached hydrogen (secondary N) is 2. The van der Waals surface area contributed by atoms with E-state index in [0.29, 0.717) is 33.4 Å². The van der Waals surface area contributed by atoms with Gasteiger partial charge < -0.3 is 5.32 Å². The monoisotopic (exact) mass is 505 g/mol. The molecule has 3 aromatic rings. The molecule has 2 aromatic heterocycles. The summed E-state index contributed by atoms with van der Waals surface area (Å²) in [4.78, 5) is 12.4. The van der Waals surface area contributed by atoms with Crippen LogP contribution in [0.3, 0.4) is 0 Å². The highest BCUT2D eigenvalue weighted by atomic mass is 35.5. The van der Waals surface area contributed by atoms with Crippen molar-refractivity contribution < 1.29 is 18.0 Å². The summed E-state index contributed by atoms with van der Waals surface area (Å²) < 4.78 is 40.7. The second-order valence-electron chi connectivity index (χ2n) is 7.44. The summed E-state index contributed by atoms with van der Waals surface area (Å²) in [6.45, 7) is 0.439. The lowest BCUT2D eigenvalue weighted by Gasteiger charge is -2.07. The number of nitrogens with zero attached hydrogens (tertiary/aromatic N) is 3. The number of hydrogen-bond donors (Lipinski definition) is 2. The van der Waals surface area contributed by atoms with Gasteiger partial charge in [0.1, 0.15) is 5.69 Å². The fraction of sp³-hybridized carbons (Fsp3) is 0.350. The third-order valence-electron chi connectivity index (χ3n) is 5.03. The maximum Gasteiger partial charge on any atom is 0.436 e. The third kappa shape index (κ3) is 4.89. The molecule has 2 heterocycles. The SMILES string of the molecule is O=C(NCCCn1nc(C(F)(F)F)c(Cl)c1C1CC1)c1cc(-c2ccc(Cl)cc2Cl)n[nH]1. The summed E-state index contributed by atoms with van der Waals surface area (Å²) in [7, 11) is 0. The van der Waals surface area contributed by atoms with Crippen LogP contribution in [0, 0.1) is 0 Å². The van der Waals surface area contributed by atoms with E-state index in [1.54, 1.807) is 24.3 Å². The molecule has 1 amide bonds. The maximum absolute atomic E-state index is 13.1. The Morgan fingerprint density at radius 1 is 1.22 bits per heavy atom. The number of rotatable bonds is 7. The van der Waals surface area contributed by atoms with Gasteiger partial charge in [0.2, 0.25) is 0 Å². The summed E-state index contributed by atoms with van der Waals surface area (Å²) >= 11 is 18.0. The molecule has 6 nitrogen and oxygen atoms in total. The van der Waals surface area contributed by atoms with Gasteiger partial charge in [-0.1, -0.05) is 34.8 Å². The first-order valence-electron chi connectivity index (χ1n) is 9.77. The van der Waals surface area contributed by atoms with Crippen LogP contribution < -0.4 is 5.32 Å². The van der Waals surface area contributed by atoms with Gasteiger partial charge in [0, 0.05) is 29.6 Å². The fourth-order valence-electron chi connectivity index (χ4n) is 3.35. The summed E-state index contributed by atoms with van der Waals surface area (Å²) in [6.07, 6.45) is -2.64. The van der Waals surface area contributed by atoms with Crippen molar-refractivity contribution in [2.24, 2.45) is 0 Å². The average Bonchev–Trinajstić information content (AvgIpc) is 3.31. The Labute approximate surface area is 196 Å². The molecular weight excluding hydrogens is 490 g/mol. The van der Waals surface area contributed by atoms with Gasteiger partial charge >= 0.3 is 6.18 Å². The van der Waals surface area contributed by atoms with E-state index in [4.69, 9.17) is 34.8 Å². The first-order valence-corrected chi connectivity index (χ1v) is 10.9. The Hall–Kier alpha value is -2.23. The predicted molar refractivity (Wildman–Crippen MR) is 115 cm³/mol. The van der Waals surface area contributed by atoms with E-state index in [9.17, 15) is 18.0 Å². The zero-order chi connectivity index (χ0) is 23.0. The van der Waals surface area contributed by atoms with Crippen molar-refractivity contribution in [1.82, 2.24) is 25.3 Å². The van der Waals surface area contributed by atoms with Gasteiger partial charge in [-0.15, -0.1) is 0 Å². The Bertz CT molecular complexity index is 1150. The van der Waals surface area contributed by atoms with Crippen molar-refractivity contribution in [3.8, 4) is 11.3 Å². The topological polar surface area (TPSA) is 75.6 Å². The molecule has 0 saturated heterocycles. The van der Waals surface area contributed by atoms with E-state index in [0.717, 1.165) is 12.8 Å². The largest absolute Gasteiger partial charge is 0.436 e. The molecular formula is C20H17Cl3F3N5O. The van der Waals surface area contributed by atoms with Gasteiger partial charge in [-0.2, -0.15) is 23.4 Å². The van der Waals surface area contributed by atoms with Crippen LogP contribution in [0.4, 0.5) is 13.2 Å². The van der Waals surface area contributed by atoms with Crippen LogP contribution in [0.2, 0.25) is 15.1 Å². The van der Waals surface area contributed by atoms with Crippen LogP contribution in [-0.2, 0) is 12.7 Å². The van der Waals surface area contributed by atoms with E-state index in [1.807, 2.05) is 0 Å². The number of amides is 1. The number of carbonyl (C=O) groups excluding carboxylic acids is 1. The number of alkyl halides is 3. The number of carbonyl (C=O) groups is 1. The van der Waals surface area contributed by atoms with Crippen LogP contribution in [0.25, 0.3) is 11.3 Å². The lowest BCUT2D eigenvalue weighted by molar-refractivity contribution is -0.141. The van der Waals surface area contributed by atoms with Crippen molar-refractivity contribution in [3.63, 3.8) is 0 Å². The van der Waals surface area contributed by atoms with E-state index >= 15 is 0 Å². The van der Waals surface area contributed by atoms with Crippen molar-refractivity contribution in [1.29, 1.82) is 0 Å².